The van der Waals surface area contributed by atoms with Crippen molar-refractivity contribution in [2.45, 2.75) is 24.9 Å². The van der Waals surface area contributed by atoms with Crippen LogP contribution in [0.3, 0.4) is 0 Å². The highest BCUT2D eigenvalue weighted by molar-refractivity contribution is 6.32. The minimum atomic E-state index is -0.513. The number of rotatable bonds is 1. The van der Waals surface area contributed by atoms with Crippen LogP contribution in [0.2, 0.25) is 5.02 Å². The van der Waals surface area contributed by atoms with Crippen LogP contribution in [0.25, 0.3) is 0 Å². The van der Waals surface area contributed by atoms with Gasteiger partial charge in [0.1, 0.15) is 0 Å². The van der Waals surface area contributed by atoms with Gasteiger partial charge >= 0.3 is 6.09 Å². The molecule has 0 unspecified atom stereocenters. The van der Waals surface area contributed by atoms with Crippen LogP contribution in [0.15, 0.2) is 12.1 Å². The van der Waals surface area contributed by atoms with E-state index in [1.165, 1.54) is 12.6 Å². The summed E-state index contributed by atoms with van der Waals surface area (Å²) >= 11 is 6.31. The van der Waals surface area contributed by atoms with Crippen LogP contribution >= 0.6 is 11.6 Å². The van der Waals surface area contributed by atoms with Gasteiger partial charge in [-0.15, -0.1) is 0 Å². The fourth-order valence-corrected chi connectivity index (χ4v) is 4.00. The second-order valence-corrected chi connectivity index (χ2v) is 6.48. The number of carbonyl (C=O) groups excluding carboxylic acids is 1. The van der Waals surface area contributed by atoms with Crippen molar-refractivity contribution in [3.63, 3.8) is 0 Å². The molecule has 0 aromatic heterocycles. The van der Waals surface area contributed by atoms with Crippen LogP contribution in [0.4, 0.5) is 10.5 Å². The van der Waals surface area contributed by atoms with Crippen molar-refractivity contribution < 1.29 is 9.53 Å². The van der Waals surface area contributed by atoms with Gasteiger partial charge < -0.3 is 15.0 Å². The van der Waals surface area contributed by atoms with E-state index in [9.17, 15) is 4.79 Å². The second kappa shape index (κ2) is 4.78. The lowest BCUT2D eigenvalue weighted by Crippen LogP contribution is -2.45. The molecule has 2 atom stereocenters. The zero-order valence-corrected chi connectivity index (χ0v) is 13.5. The first-order chi connectivity index (χ1) is 9.88. The van der Waals surface area contributed by atoms with Gasteiger partial charge in [0, 0.05) is 37.8 Å². The van der Waals surface area contributed by atoms with E-state index in [1.807, 2.05) is 12.1 Å². The molecule has 5 nitrogen and oxygen atoms in total. The molecule has 21 heavy (non-hydrogen) atoms. The topological polar surface area (TPSA) is 44.8 Å². The summed E-state index contributed by atoms with van der Waals surface area (Å²) in [5.74, 6) is 0.396. The summed E-state index contributed by atoms with van der Waals surface area (Å²) in [4.78, 5) is 16.0. The predicted octanol–water partition coefficient (Wildman–Crippen LogP) is 2.43. The normalized spacial score (nSPS) is 27.5. The van der Waals surface area contributed by atoms with Gasteiger partial charge in [-0.3, -0.25) is 4.90 Å². The Morgan fingerprint density at radius 1 is 1.48 bits per heavy atom. The van der Waals surface area contributed by atoms with Gasteiger partial charge in [0.05, 0.1) is 11.2 Å². The van der Waals surface area contributed by atoms with Crippen molar-refractivity contribution in [2.75, 3.05) is 32.6 Å². The summed E-state index contributed by atoms with van der Waals surface area (Å²) in [5, 5.41) is 2.91. The average molecular weight is 310 g/mol. The van der Waals surface area contributed by atoms with Crippen LogP contribution in [-0.2, 0) is 5.41 Å². The Morgan fingerprint density at radius 2 is 2.19 bits per heavy atom. The van der Waals surface area contributed by atoms with Crippen molar-refractivity contribution in [2.24, 2.45) is 0 Å². The Bertz CT molecular complexity index is 607. The van der Waals surface area contributed by atoms with E-state index in [0.717, 1.165) is 18.7 Å². The number of nitrogens with zero attached hydrogens (tertiary/aromatic N) is 2. The Hall–Kier alpha value is -1.46. The molecule has 0 saturated carbocycles. The molecule has 3 rings (SSSR count). The number of hydrogen-bond acceptors (Lipinski definition) is 4. The predicted molar refractivity (Wildman–Crippen MR) is 83.3 cm³/mol. The van der Waals surface area contributed by atoms with Crippen LogP contribution in [0, 0.1) is 0 Å². The first kappa shape index (κ1) is 14.5. The largest absolute Gasteiger partial charge is 0.412 e. The molecule has 1 saturated heterocycles. The maximum atomic E-state index is 11.4. The highest BCUT2D eigenvalue weighted by Crippen LogP contribution is 2.53. The van der Waals surface area contributed by atoms with Crippen molar-refractivity contribution in [3.8, 4) is 5.75 Å². The van der Waals surface area contributed by atoms with Gasteiger partial charge in [-0.05, 0) is 25.1 Å². The second-order valence-electron chi connectivity index (χ2n) is 6.07. The van der Waals surface area contributed by atoms with Crippen LogP contribution in [0.5, 0.6) is 5.75 Å². The third kappa shape index (κ3) is 1.99. The van der Waals surface area contributed by atoms with E-state index in [2.05, 4.69) is 36.1 Å². The highest BCUT2D eigenvalue weighted by atomic mass is 35.5. The molecule has 0 bridgehead atoms. The van der Waals surface area contributed by atoms with Crippen molar-refractivity contribution in [1.29, 1.82) is 0 Å². The SMILES string of the molecule is CNC(=O)Oc1cc2c(cc1Cl)[C@]1(C)CCN(C)[C@@H]1N2C. The van der Waals surface area contributed by atoms with Gasteiger partial charge in [-0.25, -0.2) is 4.79 Å². The molecule has 2 aliphatic heterocycles. The molecule has 0 radical (unpaired) electrons. The monoisotopic (exact) mass is 309 g/mol. The minimum absolute atomic E-state index is 0.0635. The zero-order chi connectivity index (χ0) is 15.4. The third-order valence-electron chi connectivity index (χ3n) is 4.79. The quantitative estimate of drug-likeness (QED) is 0.865. The number of amides is 1. The number of halogens is 1. The lowest BCUT2D eigenvalue weighted by atomic mass is 9.81. The third-order valence-corrected chi connectivity index (χ3v) is 5.09. The summed E-state index contributed by atoms with van der Waals surface area (Å²) in [6, 6.07) is 3.81. The lowest BCUT2D eigenvalue weighted by Gasteiger charge is -2.32. The van der Waals surface area contributed by atoms with E-state index in [0.29, 0.717) is 16.9 Å². The molecular weight excluding hydrogens is 290 g/mol. The van der Waals surface area contributed by atoms with Crippen LogP contribution < -0.4 is 15.0 Å². The highest BCUT2D eigenvalue weighted by Gasteiger charge is 2.52. The molecule has 114 valence electrons. The molecule has 2 heterocycles. The number of hydrogen-bond donors (Lipinski definition) is 1. The molecular formula is C15H20ClN3O2. The molecule has 1 amide bonds. The number of anilines is 1. The molecule has 1 fully saturated rings. The molecule has 2 aliphatic rings. The molecule has 1 aromatic rings. The van der Waals surface area contributed by atoms with E-state index >= 15 is 0 Å². The number of likely N-dealkylation sites (tertiary alicyclic amines) is 1. The fraction of sp³-hybridized carbons (Fsp3) is 0.533. The Morgan fingerprint density at radius 3 is 2.86 bits per heavy atom. The van der Waals surface area contributed by atoms with Crippen LogP contribution in [-0.4, -0.2) is 44.8 Å². The van der Waals surface area contributed by atoms with E-state index < -0.39 is 6.09 Å². The Balaban J connectivity index is 2.06. The van der Waals surface area contributed by atoms with Crippen molar-refractivity contribution >= 4 is 23.4 Å². The molecule has 0 spiro atoms. The van der Waals surface area contributed by atoms with Crippen molar-refractivity contribution in [1.82, 2.24) is 10.2 Å². The number of likely N-dealkylation sites (N-methyl/N-ethyl adjacent to an activating group) is 2. The molecule has 0 aliphatic carbocycles. The molecule has 1 N–H and O–H groups in total. The number of ether oxygens (including phenoxy) is 1. The number of fused-ring (bicyclic) bond motifs is 3. The fourth-order valence-electron chi connectivity index (χ4n) is 3.80. The standard InChI is InChI=1S/C15H20ClN3O2/c1-15-5-6-18(3)13(15)19(4)11-8-12(21-14(20)17-2)10(16)7-9(11)15/h7-8,13H,5-6H2,1-4H3,(H,17,20)/t13-,15+/m1/s1. The first-order valence-corrected chi connectivity index (χ1v) is 7.43. The maximum absolute atomic E-state index is 11.4. The Labute approximate surface area is 129 Å². The lowest BCUT2D eigenvalue weighted by molar-refractivity contribution is 0.203. The summed E-state index contributed by atoms with van der Waals surface area (Å²) in [7, 11) is 5.74. The van der Waals surface area contributed by atoms with Gasteiger partial charge in [0.15, 0.2) is 5.75 Å². The van der Waals surface area contributed by atoms with E-state index in [4.69, 9.17) is 16.3 Å². The van der Waals surface area contributed by atoms with E-state index in [1.54, 1.807) is 0 Å². The van der Waals surface area contributed by atoms with Gasteiger partial charge in [0.2, 0.25) is 0 Å². The summed E-state index contributed by atoms with van der Waals surface area (Å²) in [6.07, 6.45) is 0.900. The number of carbonyl (C=O) groups is 1. The Kier molecular flexibility index (Phi) is 3.30. The van der Waals surface area contributed by atoms with Crippen LogP contribution in [0.1, 0.15) is 18.9 Å². The molecule has 1 aromatic carbocycles. The smallest absolute Gasteiger partial charge is 0.409 e. The molecule has 6 heteroatoms. The van der Waals surface area contributed by atoms with E-state index in [-0.39, 0.29) is 5.41 Å². The summed E-state index contributed by atoms with van der Waals surface area (Å²) < 4.78 is 5.23. The first-order valence-electron chi connectivity index (χ1n) is 7.05. The summed E-state index contributed by atoms with van der Waals surface area (Å²) in [6.45, 7) is 3.35. The zero-order valence-electron chi connectivity index (χ0n) is 12.7. The maximum Gasteiger partial charge on any atom is 0.412 e. The number of benzene rings is 1. The minimum Gasteiger partial charge on any atom is -0.409 e. The van der Waals surface area contributed by atoms with Gasteiger partial charge in [0.25, 0.3) is 0 Å². The van der Waals surface area contributed by atoms with Gasteiger partial charge in [-0.2, -0.15) is 0 Å². The van der Waals surface area contributed by atoms with Gasteiger partial charge in [-0.1, -0.05) is 18.5 Å². The average Bonchev–Trinajstić information content (AvgIpc) is 2.86. The number of nitrogens with one attached hydrogen (secondary N) is 1. The van der Waals surface area contributed by atoms with Crippen molar-refractivity contribution in [3.05, 3.63) is 22.7 Å². The summed E-state index contributed by atoms with van der Waals surface area (Å²) in [5.41, 5.74) is 2.37.